The molecule has 0 spiro atoms. The number of fused-ring (bicyclic) bond motifs is 1. The molecule has 6 heteroatoms. The molecule has 0 saturated heterocycles. The lowest BCUT2D eigenvalue weighted by Crippen LogP contribution is -2.23. The van der Waals surface area contributed by atoms with Crippen molar-refractivity contribution in [3.63, 3.8) is 0 Å². The molecule has 3 aromatic carbocycles. The van der Waals surface area contributed by atoms with Crippen molar-refractivity contribution in [2.24, 2.45) is 0 Å². The summed E-state index contributed by atoms with van der Waals surface area (Å²) in [7, 11) is 0. The van der Waals surface area contributed by atoms with E-state index in [4.69, 9.17) is 9.47 Å². The second kappa shape index (κ2) is 8.81. The molecule has 1 N–H and O–H groups in total. The maximum Gasteiger partial charge on any atom is 0.344 e. The summed E-state index contributed by atoms with van der Waals surface area (Å²) >= 11 is 0. The van der Waals surface area contributed by atoms with E-state index >= 15 is 0 Å². The number of rotatable bonds is 7. The zero-order valence-electron chi connectivity index (χ0n) is 15.3. The first kappa shape index (κ1) is 19.1. The first-order valence-electron chi connectivity index (χ1n) is 8.69. The average Bonchev–Trinajstić information content (AvgIpc) is 2.70. The summed E-state index contributed by atoms with van der Waals surface area (Å²) in [5.41, 5.74) is 0.944. The van der Waals surface area contributed by atoms with E-state index in [-0.39, 0.29) is 12.4 Å². The van der Waals surface area contributed by atoms with E-state index in [1.165, 1.54) is 6.92 Å². The van der Waals surface area contributed by atoms with Gasteiger partial charge in [-0.15, -0.1) is 0 Å². The minimum atomic E-state index is -0.652. The Bertz CT molecular complexity index is 1030. The van der Waals surface area contributed by atoms with Gasteiger partial charge in [-0.25, -0.2) is 4.79 Å². The number of amides is 1. The lowest BCUT2D eigenvalue weighted by Gasteiger charge is -2.09. The van der Waals surface area contributed by atoms with Crippen molar-refractivity contribution in [1.29, 1.82) is 0 Å². The number of nitrogens with one attached hydrogen (secondary N) is 1. The van der Waals surface area contributed by atoms with Gasteiger partial charge in [0.25, 0.3) is 5.91 Å². The summed E-state index contributed by atoms with van der Waals surface area (Å²) in [6.45, 7) is 0.702. The molecule has 0 heterocycles. The summed E-state index contributed by atoms with van der Waals surface area (Å²) in [4.78, 5) is 35.1. The van der Waals surface area contributed by atoms with Crippen LogP contribution in [0, 0.1) is 0 Å². The van der Waals surface area contributed by atoms with E-state index in [9.17, 15) is 14.4 Å². The van der Waals surface area contributed by atoms with E-state index in [2.05, 4.69) is 5.32 Å². The molecule has 0 atom stereocenters. The van der Waals surface area contributed by atoms with Crippen molar-refractivity contribution in [1.82, 2.24) is 0 Å². The van der Waals surface area contributed by atoms with Crippen LogP contribution in [0.15, 0.2) is 66.7 Å². The number of carbonyl (C=O) groups is 3. The highest BCUT2D eigenvalue weighted by Crippen LogP contribution is 2.20. The molecule has 3 aromatic rings. The number of carbonyl (C=O) groups excluding carboxylic acids is 3. The molecule has 142 valence electrons. The number of ether oxygens (including phenoxy) is 2. The van der Waals surface area contributed by atoms with E-state index in [0.717, 1.165) is 10.8 Å². The van der Waals surface area contributed by atoms with E-state index in [1.54, 1.807) is 30.3 Å². The van der Waals surface area contributed by atoms with Gasteiger partial charge in [-0.3, -0.25) is 9.59 Å². The van der Waals surface area contributed by atoms with Crippen LogP contribution in [0.4, 0.5) is 5.69 Å². The largest absolute Gasteiger partial charge is 0.482 e. The molecule has 6 nitrogen and oxygen atoms in total. The minimum absolute atomic E-state index is 0.103. The highest BCUT2D eigenvalue weighted by atomic mass is 16.6. The van der Waals surface area contributed by atoms with E-state index < -0.39 is 18.5 Å². The van der Waals surface area contributed by atoms with E-state index in [0.29, 0.717) is 17.0 Å². The first-order chi connectivity index (χ1) is 13.5. The number of esters is 1. The molecule has 0 aliphatic heterocycles. The predicted molar refractivity (Wildman–Crippen MR) is 105 cm³/mol. The van der Waals surface area contributed by atoms with Crippen LogP contribution in [0.5, 0.6) is 5.75 Å². The molecule has 0 fully saturated rings. The van der Waals surface area contributed by atoms with Gasteiger partial charge in [-0.2, -0.15) is 0 Å². The number of hydrogen-bond acceptors (Lipinski definition) is 5. The molecule has 0 bridgehead atoms. The lowest BCUT2D eigenvalue weighted by molar-refractivity contribution is -0.149. The molecule has 0 unspecified atom stereocenters. The Morgan fingerprint density at radius 3 is 2.43 bits per heavy atom. The fraction of sp³-hybridized carbons (Fsp3) is 0.136. The second-order valence-corrected chi connectivity index (χ2v) is 6.14. The minimum Gasteiger partial charge on any atom is -0.482 e. The van der Waals surface area contributed by atoms with E-state index in [1.807, 2.05) is 36.4 Å². The van der Waals surface area contributed by atoms with Gasteiger partial charge in [0, 0.05) is 11.3 Å². The summed E-state index contributed by atoms with van der Waals surface area (Å²) < 4.78 is 10.3. The van der Waals surface area contributed by atoms with Crippen LogP contribution in [0.25, 0.3) is 10.8 Å². The molecule has 28 heavy (non-hydrogen) atoms. The molecular formula is C22H19NO5. The smallest absolute Gasteiger partial charge is 0.344 e. The molecule has 0 radical (unpaired) electrons. The summed E-state index contributed by atoms with van der Waals surface area (Å²) in [6, 6.07) is 19.8. The van der Waals surface area contributed by atoms with Gasteiger partial charge in [-0.1, -0.05) is 42.5 Å². The monoisotopic (exact) mass is 377 g/mol. The van der Waals surface area contributed by atoms with Crippen LogP contribution >= 0.6 is 0 Å². The molecule has 0 aromatic heterocycles. The zero-order chi connectivity index (χ0) is 19.9. The Morgan fingerprint density at radius 1 is 0.857 bits per heavy atom. The topological polar surface area (TPSA) is 81.7 Å². The predicted octanol–water partition coefficient (Wildman–Crippen LogP) is 3.60. The number of hydrogen-bond donors (Lipinski definition) is 1. The fourth-order valence-corrected chi connectivity index (χ4v) is 2.60. The Labute approximate surface area is 162 Å². The highest BCUT2D eigenvalue weighted by Gasteiger charge is 2.10. The van der Waals surface area contributed by atoms with Crippen molar-refractivity contribution >= 4 is 34.1 Å². The normalized spacial score (nSPS) is 10.3. The van der Waals surface area contributed by atoms with Crippen molar-refractivity contribution in [2.75, 3.05) is 18.5 Å². The molecular weight excluding hydrogens is 358 g/mol. The number of anilines is 1. The van der Waals surface area contributed by atoms with Crippen LogP contribution in [0.3, 0.4) is 0 Å². The molecule has 0 aliphatic rings. The first-order valence-corrected chi connectivity index (χ1v) is 8.69. The standard InChI is InChI=1S/C22H19NO5/c1-15(24)17-7-4-8-19(11-17)23-21(25)13-28-22(26)14-27-20-10-9-16-5-2-3-6-18(16)12-20/h2-12H,13-14H2,1H3,(H,23,25). The van der Waals surface area contributed by atoms with Gasteiger partial charge < -0.3 is 14.8 Å². The van der Waals surface area contributed by atoms with Gasteiger partial charge in [0.1, 0.15) is 5.75 Å². The van der Waals surface area contributed by atoms with Crippen LogP contribution < -0.4 is 10.1 Å². The maximum absolute atomic E-state index is 11.9. The summed E-state index contributed by atoms with van der Waals surface area (Å²) in [6.07, 6.45) is 0. The third kappa shape index (κ3) is 5.17. The summed E-state index contributed by atoms with van der Waals surface area (Å²) in [5.74, 6) is -0.713. The Hall–Kier alpha value is -3.67. The van der Waals surface area contributed by atoms with Crippen molar-refractivity contribution in [2.45, 2.75) is 6.92 Å². The quantitative estimate of drug-likeness (QED) is 0.502. The van der Waals surface area contributed by atoms with Gasteiger partial charge in [-0.05, 0) is 42.0 Å². The number of benzene rings is 3. The molecule has 1 amide bonds. The van der Waals surface area contributed by atoms with Gasteiger partial charge in [0.05, 0.1) is 0 Å². The van der Waals surface area contributed by atoms with Gasteiger partial charge >= 0.3 is 5.97 Å². The molecule has 3 rings (SSSR count). The van der Waals surface area contributed by atoms with Crippen LogP contribution in [0.1, 0.15) is 17.3 Å². The number of ketones is 1. The molecule has 0 saturated carbocycles. The zero-order valence-corrected chi connectivity index (χ0v) is 15.3. The SMILES string of the molecule is CC(=O)c1cccc(NC(=O)COC(=O)COc2ccc3ccccc3c2)c1. The van der Waals surface area contributed by atoms with Crippen LogP contribution in [0.2, 0.25) is 0 Å². The Kier molecular flexibility index (Phi) is 6.01. The van der Waals surface area contributed by atoms with Crippen LogP contribution in [-0.4, -0.2) is 30.9 Å². The Balaban J connectivity index is 1.46. The van der Waals surface area contributed by atoms with Crippen molar-refractivity contribution in [3.05, 3.63) is 72.3 Å². The van der Waals surface area contributed by atoms with Gasteiger partial charge in [0.2, 0.25) is 0 Å². The van der Waals surface area contributed by atoms with Crippen molar-refractivity contribution < 1.29 is 23.9 Å². The Morgan fingerprint density at radius 2 is 1.64 bits per heavy atom. The highest BCUT2D eigenvalue weighted by molar-refractivity contribution is 5.97. The fourth-order valence-electron chi connectivity index (χ4n) is 2.60. The average molecular weight is 377 g/mol. The maximum atomic E-state index is 11.9. The van der Waals surface area contributed by atoms with Crippen molar-refractivity contribution in [3.8, 4) is 5.75 Å². The van der Waals surface area contributed by atoms with Gasteiger partial charge in [0.15, 0.2) is 19.0 Å². The number of Topliss-reactive ketones (excluding diaryl/α,β-unsaturated/α-hetero) is 1. The third-order valence-electron chi connectivity index (χ3n) is 3.99. The third-order valence-corrected chi connectivity index (χ3v) is 3.99. The van der Waals surface area contributed by atoms with Crippen LogP contribution in [-0.2, 0) is 14.3 Å². The lowest BCUT2D eigenvalue weighted by atomic mass is 10.1. The molecule has 0 aliphatic carbocycles. The summed E-state index contributed by atoms with van der Waals surface area (Å²) in [5, 5.41) is 4.65. The second-order valence-electron chi connectivity index (χ2n) is 6.14.